The number of para-hydroxylation sites is 1. The van der Waals surface area contributed by atoms with Gasteiger partial charge in [-0.2, -0.15) is 13.2 Å². The predicted molar refractivity (Wildman–Crippen MR) is 161 cm³/mol. The number of halogens is 3. The van der Waals surface area contributed by atoms with E-state index in [4.69, 9.17) is 0 Å². The number of unbranched alkanes of at least 4 members (excludes halogenated alkanes) is 1. The lowest BCUT2D eigenvalue weighted by atomic mass is 9.93. The number of aromatic nitrogens is 1. The number of nitrogens with zero attached hydrogens (tertiary/aromatic N) is 2. The summed E-state index contributed by atoms with van der Waals surface area (Å²) in [5.74, 6) is -1.21. The minimum Gasteiger partial charge on any atom is -0.361 e. The molecule has 0 saturated carbocycles. The number of alkyl halides is 3. The van der Waals surface area contributed by atoms with Crippen molar-refractivity contribution in [1.82, 2.24) is 20.1 Å². The van der Waals surface area contributed by atoms with E-state index >= 15 is 0 Å². The molecule has 2 heterocycles. The molecule has 1 fully saturated rings. The maximum absolute atomic E-state index is 13.0. The van der Waals surface area contributed by atoms with Crippen LogP contribution in [0.4, 0.5) is 13.2 Å². The number of piperazine rings is 1. The molecule has 3 aromatic carbocycles. The van der Waals surface area contributed by atoms with Gasteiger partial charge in [0.25, 0.3) is 0 Å². The molecule has 6 rings (SSSR count). The average Bonchev–Trinajstić information content (AvgIpc) is 3.57. The molecule has 2 aliphatic rings. The Morgan fingerprint density at radius 3 is 2.42 bits per heavy atom. The van der Waals surface area contributed by atoms with Gasteiger partial charge in [-0.1, -0.05) is 60.7 Å². The van der Waals surface area contributed by atoms with Crippen LogP contribution in [-0.2, 0) is 22.4 Å². The van der Waals surface area contributed by atoms with Crippen LogP contribution in [0.3, 0.4) is 0 Å². The lowest BCUT2D eigenvalue weighted by Crippen LogP contribution is -2.49. The van der Waals surface area contributed by atoms with Crippen molar-refractivity contribution in [2.75, 3.05) is 39.3 Å². The summed E-state index contributed by atoms with van der Waals surface area (Å²) in [6.45, 7) is 2.75. The Bertz CT molecular complexity index is 1620. The van der Waals surface area contributed by atoms with E-state index in [2.05, 4.69) is 21.3 Å². The Balaban J connectivity index is 1.01. The van der Waals surface area contributed by atoms with Gasteiger partial charge >= 0.3 is 6.18 Å². The molecule has 1 unspecified atom stereocenters. The highest BCUT2D eigenvalue weighted by molar-refractivity contribution is 5.97. The molecule has 0 bridgehead atoms. The van der Waals surface area contributed by atoms with E-state index < -0.39 is 24.5 Å². The SMILES string of the molecule is O=C(NCC(F)(F)F)C1c2ccccc2-c2c(CCCCN3CCN(C(=O)Cc4c[nH]c5ccccc45)CC3)cccc21. The van der Waals surface area contributed by atoms with Crippen molar-refractivity contribution in [1.29, 1.82) is 0 Å². The number of amides is 2. The molecule has 224 valence electrons. The highest BCUT2D eigenvalue weighted by atomic mass is 19.4. The predicted octanol–water partition coefficient (Wildman–Crippen LogP) is 5.67. The second-order valence-electron chi connectivity index (χ2n) is 11.5. The molecular formula is C34H35F3N4O2. The zero-order chi connectivity index (χ0) is 30.0. The van der Waals surface area contributed by atoms with Gasteiger partial charge in [-0.15, -0.1) is 0 Å². The van der Waals surface area contributed by atoms with E-state index in [1.807, 2.05) is 71.8 Å². The van der Waals surface area contributed by atoms with Gasteiger partial charge in [0.1, 0.15) is 6.54 Å². The number of nitrogens with one attached hydrogen (secondary N) is 2. The minimum atomic E-state index is -4.46. The minimum absolute atomic E-state index is 0.160. The largest absolute Gasteiger partial charge is 0.405 e. The molecule has 1 atom stereocenters. The zero-order valence-electron chi connectivity index (χ0n) is 23.9. The van der Waals surface area contributed by atoms with E-state index in [9.17, 15) is 22.8 Å². The molecule has 1 aliphatic heterocycles. The normalized spacial score (nSPS) is 16.7. The third kappa shape index (κ3) is 6.32. The van der Waals surface area contributed by atoms with Gasteiger partial charge in [-0.05, 0) is 65.3 Å². The zero-order valence-corrected chi connectivity index (χ0v) is 23.9. The lowest BCUT2D eigenvalue weighted by molar-refractivity contribution is -0.138. The van der Waals surface area contributed by atoms with Crippen molar-refractivity contribution in [3.05, 3.63) is 95.2 Å². The standard InChI is InChI=1S/C34H35F3N4O2/c35-34(36,37)22-39-33(43)32-27-12-2-1-11-26(27)31-23(9-7-13-28(31)32)8-5-6-15-40-16-18-41(19-17-40)30(42)20-24-21-38-29-14-4-3-10-25(24)29/h1-4,7,9-14,21,32,38H,5-6,8,15-20,22H2,(H,39,43). The lowest BCUT2D eigenvalue weighted by Gasteiger charge is -2.34. The van der Waals surface area contributed by atoms with Crippen molar-refractivity contribution in [3.63, 3.8) is 0 Å². The molecule has 6 nitrogen and oxygen atoms in total. The van der Waals surface area contributed by atoms with Crippen LogP contribution in [0.2, 0.25) is 0 Å². The van der Waals surface area contributed by atoms with Crippen LogP contribution in [0.15, 0.2) is 72.9 Å². The van der Waals surface area contributed by atoms with Gasteiger partial charge < -0.3 is 15.2 Å². The number of hydrogen-bond donors (Lipinski definition) is 2. The van der Waals surface area contributed by atoms with Gasteiger partial charge in [-0.3, -0.25) is 14.5 Å². The molecule has 0 spiro atoms. The summed E-state index contributed by atoms with van der Waals surface area (Å²) in [5, 5.41) is 3.19. The van der Waals surface area contributed by atoms with Crippen LogP contribution < -0.4 is 5.32 Å². The molecule has 0 radical (unpaired) electrons. The van der Waals surface area contributed by atoms with Crippen molar-refractivity contribution in [3.8, 4) is 11.1 Å². The van der Waals surface area contributed by atoms with Crippen LogP contribution in [0, 0.1) is 0 Å². The average molecular weight is 589 g/mol. The van der Waals surface area contributed by atoms with Crippen molar-refractivity contribution in [2.24, 2.45) is 0 Å². The summed E-state index contributed by atoms with van der Waals surface area (Å²) >= 11 is 0. The monoisotopic (exact) mass is 588 g/mol. The summed E-state index contributed by atoms with van der Waals surface area (Å²) < 4.78 is 38.4. The quantitative estimate of drug-likeness (QED) is 0.248. The van der Waals surface area contributed by atoms with Gasteiger partial charge in [0.05, 0.1) is 12.3 Å². The first kappa shape index (κ1) is 29.0. The second-order valence-corrected chi connectivity index (χ2v) is 11.5. The molecule has 9 heteroatoms. The smallest absolute Gasteiger partial charge is 0.361 e. The topological polar surface area (TPSA) is 68.4 Å². The molecule has 2 amide bonds. The fraction of sp³-hybridized carbons (Fsp3) is 0.353. The number of aryl methyl sites for hydroxylation is 1. The third-order valence-electron chi connectivity index (χ3n) is 8.67. The number of hydrogen-bond acceptors (Lipinski definition) is 3. The third-order valence-corrected chi connectivity index (χ3v) is 8.67. The maximum atomic E-state index is 13.0. The number of rotatable bonds is 9. The van der Waals surface area contributed by atoms with Gasteiger partial charge in [-0.25, -0.2) is 0 Å². The summed E-state index contributed by atoms with van der Waals surface area (Å²) in [7, 11) is 0. The Hall–Kier alpha value is -4.11. The molecule has 43 heavy (non-hydrogen) atoms. The van der Waals surface area contributed by atoms with Crippen LogP contribution in [0.5, 0.6) is 0 Å². The van der Waals surface area contributed by atoms with Crippen LogP contribution in [0.25, 0.3) is 22.0 Å². The number of fused-ring (bicyclic) bond motifs is 4. The van der Waals surface area contributed by atoms with Crippen molar-refractivity contribution in [2.45, 2.75) is 37.8 Å². The van der Waals surface area contributed by atoms with E-state index in [1.54, 1.807) is 0 Å². The van der Waals surface area contributed by atoms with Crippen LogP contribution in [-0.4, -0.2) is 72.0 Å². The molecule has 2 N–H and O–H groups in total. The molecule has 1 aromatic heterocycles. The van der Waals surface area contributed by atoms with Gasteiger partial charge in [0.15, 0.2) is 0 Å². The van der Waals surface area contributed by atoms with Gasteiger partial charge in [0.2, 0.25) is 11.8 Å². The Morgan fingerprint density at radius 2 is 1.60 bits per heavy atom. The highest BCUT2D eigenvalue weighted by Gasteiger charge is 2.37. The fourth-order valence-corrected chi connectivity index (χ4v) is 6.54. The number of aromatic amines is 1. The number of benzene rings is 3. The molecule has 1 aliphatic carbocycles. The van der Waals surface area contributed by atoms with Crippen molar-refractivity contribution >= 4 is 22.7 Å². The van der Waals surface area contributed by atoms with E-state index in [0.717, 1.165) is 96.3 Å². The first-order chi connectivity index (χ1) is 20.8. The summed E-state index contributed by atoms with van der Waals surface area (Å²) in [6.07, 6.45) is 0.630. The Labute approximate surface area is 248 Å². The molecular weight excluding hydrogens is 553 g/mol. The van der Waals surface area contributed by atoms with Crippen LogP contribution >= 0.6 is 0 Å². The fourth-order valence-electron chi connectivity index (χ4n) is 6.54. The Morgan fingerprint density at radius 1 is 0.860 bits per heavy atom. The maximum Gasteiger partial charge on any atom is 0.405 e. The first-order valence-electron chi connectivity index (χ1n) is 14.9. The summed E-state index contributed by atoms with van der Waals surface area (Å²) in [5.41, 5.74) is 6.62. The van der Waals surface area contributed by atoms with Crippen LogP contribution in [0.1, 0.15) is 41.0 Å². The molecule has 1 saturated heterocycles. The highest BCUT2D eigenvalue weighted by Crippen LogP contribution is 2.46. The number of carbonyl (C=O) groups excluding carboxylic acids is 2. The van der Waals surface area contributed by atoms with Gasteiger partial charge in [0, 0.05) is 43.3 Å². The van der Waals surface area contributed by atoms with E-state index in [-0.39, 0.29) is 5.91 Å². The van der Waals surface area contributed by atoms with Crippen molar-refractivity contribution < 1.29 is 22.8 Å². The van der Waals surface area contributed by atoms with E-state index in [1.165, 1.54) is 0 Å². The number of H-pyrrole nitrogens is 1. The first-order valence-corrected chi connectivity index (χ1v) is 14.9. The summed E-state index contributed by atoms with van der Waals surface area (Å²) in [6, 6.07) is 21.4. The second kappa shape index (κ2) is 12.2. The summed E-state index contributed by atoms with van der Waals surface area (Å²) in [4.78, 5) is 33.5. The van der Waals surface area contributed by atoms with E-state index in [0.29, 0.717) is 6.42 Å². The number of carbonyl (C=O) groups is 2. The Kier molecular flexibility index (Phi) is 8.25. The molecule has 4 aromatic rings.